The Hall–Kier alpha value is -1.85. The van der Waals surface area contributed by atoms with Crippen LogP contribution in [-0.2, 0) is 0 Å². The van der Waals surface area contributed by atoms with Crippen molar-refractivity contribution in [3.63, 3.8) is 0 Å². The first-order chi connectivity index (χ1) is 10.0. The van der Waals surface area contributed by atoms with E-state index in [0.29, 0.717) is 15.3 Å². The minimum atomic E-state index is -0.440. The highest BCUT2D eigenvalue weighted by molar-refractivity contribution is 7.71. The van der Waals surface area contributed by atoms with E-state index in [1.54, 1.807) is 16.7 Å². The molecule has 1 aromatic heterocycles. The molecule has 3 nitrogen and oxygen atoms in total. The second-order valence-electron chi connectivity index (χ2n) is 4.67. The van der Waals surface area contributed by atoms with E-state index in [0.717, 1.165) is 16.8 Å². The van der Waals surface area contributed by atoms with Gasteiger partial charge in [0.05, 0.1) is 28.9 Å². The predicted octanol–water partition coefficient (Wildman–Crippen LogP) is 4.80. The number of hydrogen-bond donors (Lipinski definition) is 1. The molecule has 3 aromatic rings. The number of benzene rings is 2. The van der Waals surface area contributed by atoms with Gasteiger partial charge in [-0.05, 0) is 30.8 Å². The first kappa shape index (κ1) is 14.1. The number of ether oxygens (including phenoxy) is 1. The molecule has 108 valence electrons. The smallest absolute Gasteiger partial charge is 0.182 e. The van der Waals surface area contributed by atoms with Crippen LogP contribution in [0.2, 0.25) is 5.02 Å². The van der Waals surface area contributed by atoms with E-state index in [9.17, 15) is 4.39 Å². The van der Waals surface area contributed by atoms with Crippen LogP contribution in [0.5, 0.6) is 5.75 Å². The fourth-order valence-electron chi connectivity index (χ4n) is 2.39. The molecule has 1 heterocycles. The summed E-state index contributed by atoms with van der Waals surface area (Å²) in [6.07, 6.45) is 0. The summed E-state index contributed by atoms with van der Waals surface area (Å²) < 4.78 is 21.1. The summed E-state index contributed by atoms with van der Waals surface area (Å²) in [5.41, 5.74) is 3.07. The van der Waals surface area contributed by atoms with Gasteiger partial charge in [0, 0.05) is 12.1 Å². The number of para-hydroxylation sites is 1. The van der Waals surface area contributed by atoms with Crippen molar-refractivity contribution in [2.24, 2.45) is 0 Å². The van der Waals surface area contributed by atoms with Crippen LogP contribution in [-0.4, -0.2) is 16.7 Å². The Balaban J connectivity index is 2.43. The number of H-pyrrole nitrogens is 1. The van der Waals surface area contributed by atoms with Crippen LogP contribution >= 0.6 is 23.8 Å². The molecular weight excluding hydrogens is 311 g/mol. The minimum Gasteiger partial charge on any atom is -0.494 e. The molecule has 0 unspecified atom stereocenters. The Morgan fingerprint density at radius 2 is 2.10 bits per heavy atom. The Kier molecular flexibility index (Phi) is 3.47. The number of methoxy groups -OCH3 is 1. The number of halogens is 2. The first-order valence-electron chi connectivity index (χ1n) is 6.26. The molecule has 0 aliphatic carbocycles. The third kappa shape index (κ3) is 2.22. The largest absolute Gasteiger partial charge is 0.494 e. The predicted molar refractivity (Wildman–Crippen MR) is 84.7 cm³/mol. The first-order valence-corrected chi connectivity index (χ1v) is 7.05. The molecule has 6 heteroatoms. The average molecular weight is 323 g/mol. The second kappa shape index (κ2) is 5.16. The molecule has 3 rings (SSSR count). The van der Waals surface area contributed by atoms with Crippen molar-refractivity contribution in [2.45, 2.75) is 6.92 Å². The number of nitrogens with zero attached hydrogens (tertiary/aromatic N) is 1. The van der Waals surface area contributed by atoms with Crippen LogP contribution in [0.15, 0.2) is 30.3 Å². The highest BCUT2D eigenvalue weighted by atomic mass is 35.5. The van der Waals surface area contributed by atoms with Crippen LogP contribution in [0.3, 0.4) is 0 Å². The molecule has 1 N–H and O–H groups in total. The number of rotatable bonds is 2. The van der Waals surface area contributed by atoms with Crippen LogP contribution in [0.1, 0.15) is 5.56 Å². The fourth-order valence-corrected chi connectivity index (χ4v) is 3.00. The second-order valence-corrected chi connectivity index (χ2v) is 5.47. The van der Waals surface area contributed by atoms with Gasteiger partial charge < -0.3 is 9.72 Å². The van der Waals surface area contributed by atoms with Gasteiger partial charge >= 0.3 is 0 Å². The molecule has 0 radical (unpaired) electrons. The molecule has 0 aliphatic rings. The maximum Gasteiger partial charge on any atom is 0.182 e. The Labute approximate surface area is 130 Å². The average Bonchev–Trinajstić information content (AvgIpc) is 2.73. The fraction of sp³-hybridized carbons (Fsp3) is 0.133. The molecule has 0 amide bonds. The number of aryl methyl sites for hydroxylation is 1. The zero-order valence-corrected chi connectivity index (χ0v) is 13.0. The van der Waals surface area contributed by atoms with E-state index >= 15 is 0 Å². The number of hydrogen-bond acceptors (Lipinski definition) is 2. The van der Waals surface area contributed by atoms with Crippen molar-refractivity contribution < 1.29 is 9.13 Å². The molecule has 0 atom stereocenters. The van der Waals surface area contributed by atoms with Crippen molar-refractivity contribution in [3.05, 3.63) is 51.5 Å². The van der Waals surface area contributed by atoms with E-state index in [4.69, 9.17) is 28.6 Å². The standard InChI is InChI=1S/C15H12ClFN2OS/c1-8-4-3-5-9(16)14(8)19-12-7-13(20-2)10(17)6-11(12)18-15(19)21/h3-7H,1-2H3,(H,18,21). The van der Waals surface area contributed by atoms with Crippen molar-refractivity contribution in [1.82, 2.24) is 9.55 Å². The highest BCUT2D eigenvalue weighted by Gasteiger charge is 2.15. The lowest BCUT2D eigenvalue weighted by atomic mass is 10.2. The molecule has 0 saturated carbocycles. The summed E-state index contributed by atoms with van der Waals surface area (Å²) in [7, 11) is 1.43. The van der Waals surface area contributed by atoms with Crippen molar-refractivity contribution >= 4 is 34.9 Å². The number of aromatic amines is 1. The number of aromatic nitrogens is 2. The van der Waals surface area contributed by atoms with Crippen LogP contribution in [0.25, 0.3) is 16.7 Å². The van der Waals surface area contributed by atoms with Crippen LogP contribution in [0.4, 0.5) is 4.39 Å². The molecule has 0 saturated heterocycles. The lowest BCUT2D eigenvalue weighted by molar-refractivity contribution is 0.387. The van der Waals surface area contributed by atoms with Crippen molar-refractivity contribution in [1.29, 1.82) is 0 Å². The molecular formula is C15H12ClFN2OS. The quantitative estimate of drug-likeness (QED) is 0.687. The summed E-state index contributed by atoms with van der Waals surface area (Å²) in [5.74, 6) is -0.278. The van der Waals surface area contributed by atoms with E-state index in [2.05, 4.69) is 4.98 Å². The zero-order chi connectivity index (χ0) is 15.1. The van der Waals surface area contributed by atoms with Gasteiger partial charge in [-0.25, -0.2) is 4.39 Å². The third-order valence-electron chi connectivity index (χ3n) is 3.37. The molecule has 0 fully saturated rings. The normalized spacial score (nSPS) is 11.0. The molecule has 2 aromatic carbocycles. The van der Waals surface area contributed by atoms with E-state index in [1.165, 1.54) is 13.2 Å². The van der Waals surface area contributed by atoms with Gasteiger partial charge in [-0.3, -0.25) is 4.57 Å². The van der Waals surface area contributed by atoms with Gasteiger partial charge in [-0.15, -0.1) is 0 Å². The molecule has 0 spiro atoms. The van der Waals surface area contributed by atoms with Crippen LogP contribution in [0, 0.1) is 17.5 Å². The molecule has 0 aliphatic heterocycles. The Bertz CT molecular complexity index is 880. The number of imidazole rings is 1. The van der Waals surface area contributed by atoms with E-state index in [1.807, 2.05) is 19.1 Å². The van der Waals surface area contributed by atoms with E-state index in [-0.39, 0.29) is 5.75 Å². The number of fused-ring (bicyclic) bond motifs is 1. The summed E-state index contributed by atoms with van der Waals surface area (Å²) >= 11 is 11.7. The van der Waals surface area contributed by atoms with E-state index < -0.39 is 5.82 Å². The zero-order valence-electron chi connectivity index (χ0n) is 11.4. The van der Waals surface area contributed by atoms with Gasteiger partial charge in [-0.2, -0.15) is 0 Å². The topological polar surface area (TPSA) is 29.9 Å². The maximum atomic E-state index is 13.8. The lowest BCUT2D eigenvalue weighted by Gasteiger charge is -2.11. The van der Waals surface area contributed by atoms with Crippen molar-refractivity contribution in [3.8, 4) is 11.4 Å². The molecule has 21 heavy (non-hydrogen) atoms. The van der Waals surface area contributed by atoms with Gasteiger partial charge in [0.15, 0.2) is 16.3 Å². The monoisotopic (exact) mass is 322 g/mol. The van der Waals surface area contributed by atoms with Gasteiger partial charge in [0.1, 0.15) is 0 Å². The Morgan fingerprint density at radius 3 is 2.76 bits per heavy atom. The maximum absolute atomic E-state index is 13.8. The summed E-state index contributed by atoms with van der Waals surface area (Å²) in [6, 6.07) is 8.60. The SMILES string of the molecule is COc1cc2c(cc1F)[nH]c(=S)n2-c1c(C)cccc1Cl. The third-order valence-corrected chi connectivity index (χ3v) is 3.96. The van der Waals surface area contributed by atoms with Crippen molar-refractivity contribution in [2.75, 3.05) is 7.11 Å². The molecule has 0 bridgehead atoms. The highest BCUT2D eigenvalue weighted by Crippen LogP contribution is 2.31. The number of nitrogens with one attached hydrogen (secondary N) is 1. The van der Waals surface area contributed by atoms with Gasteiger partial charge in [0.2, 0.25) is 0 Å². The lowest BCUT2D eigenvalue weighted by Crippen LogP contribution is -1.99. The van der Waals surface area contributed by atoms with Gasteiger partial charge in [-0.1, -0.05) is 23.7 Å². The van der Waals surface area contributed by atoms with Gasteiger partial charge in [0.25, 0.3) is 0 Å². The summed E-state index contributed by atoms with van der Waals surface area (Å²) in [6.45, 7) is 1.95. The summed E-state index contributed by atoms with van der Waals surface area (Å²) in [5, 5.41) is 0.579. The summed E-state index contributed by atoms with van der Waals surface area (Å²) in [4.78, 5) is 3.00. The Morgan fingerprint density at radius 1 is 1.33 bits per heavy atom. The van der Waals surface area contributed by atoms with Crippen LogP contribution < -0.4 is 4.74 Å². The minimum absolute atomic E-state index is 0.162.